The molecule has 0 amide bonds. The second kappa shape index (κ2) is 10.7. The van der Waals surface area contributed by atoms with Gasteiger partial charge in [-0.3, -0.25) is 0 Å². The van der Waals surface area contributed by atoms with Gasteiger partial charge in [-0.1, -0.05) is 42.5 Å². The molecule has 0 fully saturated rings. The van der Waals surface area contributed by atoms with Gasteiger partial charge in [0.05, 0.1) is 27.5 Å². The fraction of sp³-hybridized carbons (Fsp3) is 0.100. The Morgan fingerprint density at radius 2 is 1.57 bits per heavy atom. The average molecular weight is 428 g/mol. The van der Waals surface area contributed by atoms with Crippen molar-refractivity contribution < 1.29 is 8.42 Å². The van der Waals surface area contributed by atoms with Crippen LogP contribution in [0.2, 0.25) is 0 Å². The maximum atomic E-state index is 10.9. The summed E-state index contributed by atoms with van der Waals surface area (Å²) in [5.41, 5.74) is 1.84. The fourth-order valence-electron chi connectivity index (χ4n) is 2.38. The lowest BCUT2D eigenvalue weighted by atomic mass is 10.1. The van der Waals surface area contributed by atoms with Crippen LogP contribution < -0.4 is 5.14 Å². The summed E-state index contributed by atoms with van der Waals surface area (Å²) in [6, 6.07) is 20.5. The Morgan fingerprint density at radius 1 is 0.893 bits per heavy atom. The molecule has 3 aromatic rings. The van der Waals surface area contributed by atoms with Gasteiger partial charge in [-0.05, 0) is 71.5 Å². The lowest BCUT2D eigenvalue weighted by molar-refractivity contribution is 0.598. The van der Waals surface area contributed by atoms with Crippen LogP contribution in [0, 0.1) is 0 Å². The van der Waals surface area contributed by atoms with E-state index >= 15 is 0 Å². The smallest absolute Gasteiger partial charge is 0.232 e. The lowest BCUT2D eigenvalue weighted by Crippen LogP contribution is -2.11. The number of benzene rings is 3. The van der Waals surface area contributed by atoms with E-state index in [4.69, 9.17) is 5.14 Å². The molecule has 0 aliphatic carbocycles. The molecule has 0 bridgehead atoms. The molecule has 0 saturated carbocycles. The minimum atomic E-state index is -3.60. The van der Waals surface area contributed by atoms with Crippen LogP contribution >= 0.6 is 24.4 Å². The molecule has 0 spiro atoms. The highest BCUT2D eigenvalue weighted by molar-refractivity contribution is 7.89. The van der Waals surface area contributed by atoms with E-state index in [1.807, 2.05) is 30.3 Å². The number of thiocarbonyl (C=S) groups is 2. The third kappa shape index (κ3) is 6.87. The molecule has 0 aromatic heterocycles. The van der Waals surface area contributed by atoms with E-state index in [9.17, 15) is 8.42 Å². The second-order valence-corrected chi connectivity index (χ2v) is 7.57. The van der Waals surface area contributed by atoms with Crippen molar-refractivity contribution in [2.24, 2.45) is 15.1 Å². The van der Waals surface area contributed by atoms with Crippen LogP contribution in [0.5, 0.6) is 0 Å². The first-order valence-corrected chi connectivity index (χ1v) is 10.5. The Hall–Kier alpha value is -2.57. The number of isothiocyanates is 2. The summed E-state index contributed by atoms with van der Waals surface area (Å²) in [6.45, 7) is 0.554. The van der Waals surface area contributed by atoms with Crippen molar-refractivity contribution in [1.29, 1.82) is 0 Å². The molecule has 0 heterocycles. The number of nitrogens with zero attached hydrogens (tertiary/aromatic N) is 2. The predicted octanol–water partition coefficient (Wildman–Crippen LogP) is 4.55. The Labute approximate surface area is 174 Å². The van der Waals surface area contributed by atoms with Gasteiger partial charge in [0.2, 0.25) is 10.0 Å². The number of hydrogen-bond acceptors (Lipinski definition) is 6. The van der Waals surface area contributed by atoms with Crippen molar-refractivity contribution in [3.63, 3.8) is 0 Å². The van der Waals surface area contributed by atoms with E-state index in [1.54, 1.807) is 12.1 Å². The van der Waals surface area contributed by atoms with Crippen molar-refractivity contribution in [3.05, 3.63) is 72.3 Å². The fourth-order valence-corrected chi connectivity index (χ4v) is 3.09. The highest BCUT2D eigenvalue weighted by atomic mass is 32.2. The van der Waals surface area contributed by atoms with E-state index in [0.717, 1.165) is 11.3 Å². The molecule has 0 aliphatic heterocycles. The number of rotatable bonds is 5. The molecule has 0 unspecified atom stereocenters. The molecule has 142 valence electrons. The quantitative estimate of drug-likeness (QED) is 0.478. The Bertz CT molecular complexity index is 1150. The number of sulfonamides is 1. The molecule has 8 heteroatoms. The molecule has 5 nitrogen and oxygen atoms in total. The van der Waals surface area contributed by atoms with Gasteiger partial charge >= 0.3 is 0 Å². The molecule has 28 heavy (non-hydrogen) atoms. The average Bonchev–Trinajstić information content (AvgIpc) is 2.69. The second-order valence-electron chi connectivity index (χ2n) is 5.65. The van der Waals surface area contributed by atoms with Crippen LogP contribution in [0.4, 0.5) is 5.69 Å². The predicted molar refractivity (Wildman–Crippen MR) is 120 cm³/mol. The summed E-state index contributed by atoms with van der Waals surface area (Å²) in [7, 11) is -3.60. The molecule has 0 radical (unpaired) electrons. The molecule has 0 aliphatic rings. The third-order valence-electron chi connectivity index (χ3n) is 3.74. The van der Waals surface area contributed by atoms with Gasteiger partial charge in [-0.25, -0.2) is 18.5 Å². The first-order chi connectivity index (χ1) is 13.4. The van der Waals surface area contributed by atoms with Crippen LogP contribution in [0.15, 0.2) is 81.6 Å². The van der Waals surface area contributed by atoms with Crippen molar-refractivity contribution >= 4 is 61.2 Å². The van der Waals surface area contributed by atoms with Crippen molar-refractivity contribution in [1.82, 2.24) is 0 Å². The van der Waals surface area contributed by atoms with Crippen LogP contribution in [-0.2, 0) is 16.4 Å². The number of fused-ring (bicyclic) bond motifs is 1. The first kappa shape index (κ1) is 21.7. The number of aliphatic imine (C=N–C) groups is 2. The van der Waals surface area contributed by atoms with Gasteiger partial charge in [0.1, 0.15) is 0 Å². The van der Waals surface area contributed by atoms with Crippen LogP contribution in [0.1, 0.15) is 5.56 Å². The normalized spacial score (nSPS) is 10.2. The zero-order valence-corrected chi connectivity index (χ0v) is 17.2. The molecule has 0 atom stereocenters. The summed E-state index contributed by atoms with van der Waals surface area (Å²) >= 11 is 8.96. The maximum Gasteiger partial charge on any atom is 0.238 e. The zero-order chi connectivity index (χ0) is 20.4. The summed E-state index contributed by atoms with van der Waals surface area (Å²) in [5.74, 6) is 0. The Kier molecular flexibility index (Phi) is 8.29. The van der Waals surface area contributed by atoms with Gasteiger partial charge in [-0.2, -0.15) is 4.99 Å². The van der Waals surface area contributed by atoms with Crippen LogP contribution in [0.25, 0.3) is 10.8 Å². The van der Waals surface area contributed by atoms with Crippen LogP contribution in [0.3, 0.4) is 0 Å². The topological polar surface area (TPSA) is 84.9 Å². The van der Waals surface area contributed by atoms with E-state index in [-0.39, 0.29) is 4.90 Å². The van der Waals surface area contributed by atoms with Gasteiger partial charge in [0.15, 0.2) is 0 Å². The highest BCUT2D eigenvalue weighted by Gasteiger charge is 2.06. The molecule has 3 aromatic carbocycles. The molecular formula is C20H17N3O2S3. The van der Waals surface area contributed by atoms with Gasteiger partial charge in [0.25, 0.3) is 0 Å². The number of nitrogens with two attached hydrogens (primary N) is 1. The SMILES string of the molecule is NS(=O)(=O)c1ccc(CCN=C=S)cc1.S=C=Nc1ccc2ccccc2c1. The lowest BCUT2D eigenvalue weighted by Gasteiger charge is -2.00. The van der Waals surface area contributed by atoms with E-state index in [1.165, 1.54) is 22.9 Å². The standard InChI is InChI=1S/C11H7NS.C9H10N2O2S2/c13-8-12-11-6-5-9-3-1-2-4-10(9)7-11;10-15(12,13)9-3-1-8(2-4-9)5-6-11-7-14/h1-7H;1-4H,5-6H2,(H2,10,12,13). The minimum absolute atomic E-state index is 0.115. The number of primary sulfonamides is 1. The molecule has 0 saturated heterocycles. The summed E-state index contributed by atoms with van der Waals surface area (Å²) in [6.07, 6.45) is 0.703. The first-order valence-electron chi connectivity index (χ1n) is 8.16. The minimum Gasteiger partial charge on any atom is -0.232 e. The number of hydrogen-bond donors (Lipinski definition) is 1. The third-order valence-corrected chi connectivity index (χ3v) is 4.89. The van der Waals surface area contributed by atoms with Gasteiger partial charge < -0.3 is 0 Å². The zero-order valence-electron chi connectivity index (χ0n) is 14.8. The Morgan fingerprint density at radius 3 is 2.18 bits per heavy atom. The molecule has 3 rings (SSSR count). The van der Waals surface area contributed by atoms with Gasteiger partial charge in [-0.15, -0.1) is 0 Å². The largest absolute Gasteiger partial charge is 0.238 e. The molecular weight excluding hydrogens is 410 g/mol. The summed E-state index contributed by atoms with van der Waals surface area (Å²) in [4.78, 5) is 7.80. The van der Waals surface area contributed by atoms with Crippen molar-refractivity contribution in [3.8, 4) is 0 Å². The summed E-state index contributed by atoms with van der Waals surface area (Å²) in [5, 5.41) is 12.0. The van der Waals surface area contributed by atoms with E-state index < -0.39 is 10.0 Å². The van der Waals surface area contributed by atoms with E-state index in [2.05, 4.69) is 56.9 Å². The maximum absolute atomic E-state index is 10.9. The molecule has 2 N–H and O–H groups in total. The van der Waals surface area contributed by atoms with E-state index in [0.29, 0.717) is 13.0 Å². The van der Waals surface area contributed by atoms with Gasteiger partial charge in [0, 0.05) is 0 Å². The van der Waals surface area contributed by atoms with Crippen molar-refractivity contribution in [2.45, 2.75) is 11.3 Å². The highest BCUT2D eigenvalue weighted by Crippen LogP contribution is 2.20. The van der Waals surface area contributed by atoms with Crippen molar-refractivity contribution in [2.75, 3.05) is 6.54 Å². The monoisotopic (exact) mass is 427 g/mol. The Balaban J connectivity index is 0.000000202. The van der Waals surface area contributed by atoms with Crippen LogP contribution in [-0.4, -0.2) is 25.3 Å². The summed E-state index contributed by atoms with van der Waals surface area (Å²) < 4.78 is 21.9.